The molecule has 2 rings (SSSR count). The highest BCUT2D eigenvalue weighted by Gasteiger charge is 2.53. The first kappa shape index (κ1) is 14.8. The molecule has 1 unspecified atom stereocenters. The second-order valence-electron chi connectivity index (χ2n) is 6.10. The van der Waals surface area contributed by atoms with Gasteiger partial charge in [0.15, 0.2) is 0 Å². The summed E-state index contributed by atoms with van der Waals surface area (Å²) in [4.78, 5) is 0. The summed E-state index contributed by atoms with van der Waals surface area (Å²) >= 11 is 0. The largest absolute Gasteiger partial charge is 0.468 e. The second kappa shape index (κ2) is 5.40. The van der Waals surface area contributed by atoms with Gasteiger partial charge in [-0.25, -0.2) is 0 Å². The lowest BCUT2D eigenvalue weighted by atomic mass is 9.68. The summed E-state index contributed by atoms with van der Waals surface area (Å²) < 4.78 is 17.8. The summed E-state index contributed by atoms with van der Waals surface area (Å²) in [5, 5.41) is 0. The van der Waals surface area contributed by atoms with Gasteiger partial charge in [0, 0.05) is 12.4 Å². The van der Waals surface area contributed by atoms with E-state index in [0.717, 1.165) is 10.5 Å². The Morgan fingerprint density at radius 3 is 2.11 bits per heavy atom. The zero-order valence-corrected chi connectivity index (χ0v) is 14.5. The number of hydrogen-bond acceptors (Lipinski definition) is 3. The molecule has 104 valence electrons. The van der Waals surface area contributed by atoms with Crippen molar-refractivity contribution < 1.29 is 13.7 Å². The zero-order valence-electron chi connectivity index (χ0n) is 12.5. The van der Waals surface area contributed by atoms with Crippen molar-refractivity contribution >= 4 is 17.6 Å². The molecule has 0 amide bonds. The number of rotatable bonds is 4. The van der Waals surface area contributed by atoms with Crippen molar-refractivity contribution in [2.75, 3.05) is 6.61 Å². The molecule has 0 aliphatic carbocycles. The van der Waals surface area contributed by atoms with Crippen LogP contribution in [0.1, 0.15) is 39.1 Å². The third-order valence-electron chi connectivity index (χ3n) is 4.17. The minimum Gasteiger partial charge on any atom is -0.428 e. The lowest BCUT2D eigenvalue weighted by Crippen LogP contribution is -2.41. The van der Waals surface area contributed by atoms with Crippen LogP contribution < -0.4 is 0 Å². The predicted molar refractivity (Wildman–Crippen MR) is 81.2 cm³/mol. The average Bonchev–Trinajstić information content (AvgIpc) is 2.56. The normalized spacial score (nSPS) is 22.6. The fraction of sp³-hybridized carbons (Fsp3) is 0.571. The van der Waals surface area contributed by atoms with Crippen LogP contribution in [0.5, 0.6) is 0 Å². The predicted octanol–water partition coefficient (Wildman–Crippen LogP) is 1.70. The second-order valence-corrected chi connectivity index (χ2v) is 6.67. The molecule has 0 aromatic heterocycles. The van der Waals surface area contributed by atoms with Gasteiger partial charge in [0.05, 0.1) is 11.2 Å². The van der Waals surface area contributed by atoms with E-state index in [1.807, 2.05) is 18.2 Å². The molecule has 0 saturated carbocycles. The van der Waals surface area contributed by atoms with Crippen LogP contribution >= 0.6 is 0 Å². The molecule has 5 heteroatoms. The molecular weight excluding hydrogens is 255 g/mol. The topological polar surface area (TPSA) is 27.7 Å². The van der Waals surface area contributed by atoms with E-state index in [0.29, 0.717) is 6.61 Å². The molecule has 0 spiro atoms. The molecule has 1 saturated heterocycles. The van der Waals surface area contributed by atoms with Crippen LogP contribution in [-0.2, 0) is 13.7 Å². The van der Waals surface area contributed by atoms with Gasteiger partial charge in [0.2, 0.25) is 0 Å². The monoisotopic (exact) mass is 278 g/mol. The van der Waals surface area contributed by atoms with E-state index in [1.54, 1.807) is 0 Å². The van der Waals surface area contributed by atoms with E-state index in [1.165, 1.54) is 5.56 Å². The summed E-state index contributed by atoms with van der Waals surface area (Å²) in [6.45, 7) is 8.97. The molecule has 1 atom stereocenters. The molecule has 1 aliphatic heterocycles. The molecule has 1 heterocycles. The minimum atomic E-state index is -0.296. The van der Waals surface area contributed by atoms with Gasteiger partial charge in [0.25, 0.3) is 0 Å². The van der Waals surface area contributed by atoms with Gasteiger partial charge in [-0.05, 0) is 33.3 Å². The number of benzene rings is 1. The maximum absolute atomic E-state index is 6.15. The fourth-order valence-electron chi connectivity index (χ4n) is 2.26. The van der Waals surface area contributed by atoms with E-state index in [2.05, 4.69) is 39.8 Å². The summed E-state index contributed by atoms with van der Waals surface area (Å²) in [5.74, 6) is 0.125. The smallest absolute Gasteiger partial charge is 0.428 e. The molecule has 3 nitrogen and oxygen atoms in total. The third-order valence-corrected chi connectivity index (χ3v) is 4.51. The van der Waals surface area contributed by atoms with E-state index in [4.69, 9.17) is 13.7 Å². The zero-order chi connectivity index (χ0) is 14.1. The Kier molecular flexibility index (Phi) is 4.20. The SMILES string of the molecule is CC1(C)OB(C(CO[SiH3])c2ccccc2)OC1(C)C. The van der Waals surface area contributed by atoms with Crippen LogP contribution in [0.15, 0.2) is 30.3 Å². The van der Waals surface area contributed by atoms with Crippen LogP contribution in [0.4, 0.5) is 0 Å². The average molecular weight is 278 g/mol. The van der Waals surface area contributed by atoms with Crippen molar-refractivity contribution in [3.63, 3.8) is 0 Å². The summed E-state index contributed by atoms with van der Waals surface area (Å²) in [5.41, 5.74) is 0.614. The summed E-state index contributed by atoms with van der Waals surface area (Å²) in [7, 11) is 0.475. The molecule has 0 radical (unpaired) electrons. The molecule has 1 aliphatic rings. The molecule has 1 aromatic rings. The summed E-state index contributed by atoms with van der Waals surface area (Å²) in [6.07, 6.45) is 0. The molecule has 0 N–H and O–H groups in total. The first-order valence-electron chi connectivity index (χ1n) is 6.77. The van der Waals surface area contributed by atoms with Crippen LogP contribution in [0.25, 0.3) is 0 Å². The third kappa shape index (κ3) is 2.94. The van der Waals surface area contributed by atoms with E-state index in [-0.39, 0.29) is 24.1 Å². The van der Waals surface area contributed by atoms with Crippen molar-refractivity contribution in [2.24, 2.45) is 0 Å². The van der Waals surface area contributed by atoms with Gasteiger partial charge in [-0.2, -0.15) is 0 Å². The lowest BCUT2D eigenvalue weighted by Gasteiger charge is -2.32. The highest BCUT2D eigenvalue weighted by molar-refractivity contribution is 6.47. The molecule has 19 heavy (non-hydrogen) atoms. The summed E-state index contributed by atoms with van der Waals surface area (Å²) in [6, 6.07) is 10.3. The molecule has 1 aromatic carbocycles. The van der Waals surface area contributed by atoms with Gasteiger partial charge in [-0.3, -0.25) is 0 Å². The maximum atomic E-state index is 6.15. The van der Waals surface area contributed by atoms with Crippen molar-refractivity contribution in [1.29, 1.82) is 0 Å². The maximum Gasteiger partial charge on any atom is 0.468 e. The van der Waals surface area contributed by atoms with Gasteiger partial charge < -0.3 is 13.7 Å². The van der Waals surface area contributed by atoms with E-state index >= 15 is 0 Å². The Morgan fingerprint density at radius 1 is 1.11 bits per heavy atom. The van der Waals surface area contributed by atoms with Gasteiger partial charge in [-0.1, -0.05) is 30.3 Å². The van der Waals surface area contributed by atoms with Gasteiger partial charge in [0.1, 0.15) is 10.5 Å². The Hall–Kier alpha value is -0.618. The van der Waals surface area contributed by atoms with E-state index < -0.39 is 0 Å². The number of hydrogen-bond donors (Lipinski definition) is 0. The highest BCUT2D eigenvalue weighted by Crippen LogP contribution is 2.40. The molecule has 0 bridgehead atoms. The van der Waals surface area contributed by atoms with Crippen molar-refractivity contribution in [3.8, 4) is 0 Å². The van der Waals surface area contributed by atoms with Crippen molar-refractivity contribution in [3.05, 3.63) is 35.9 Å². The quantitative estimate of drug-likeness (QED) is 0.785. The van der Waals surface area contributed by atoms with Gasteiger partial charge >= 0.3 is 7.12 Å². The van der Waals surface area contributed by atoms with Crippen LogP contribution in [0.3, 0.4) is 0 Å². The Morgan fingerprint density at radius 2 is 1.63 bits per heavy atom. The molecule has 1 fully saturated rings. The highest BCUT2D eigenvalue weighted by atomic mass is 28.2. The van der Waals surface area contributed by atoms with Gasteiger partial charge in [-0.15, -0.1) is 0 Å². The van der Waals surface area contributed by atoms with Crippen LogP contribution in [0.2, 0.25) is 0 Å². The Balaban J connectivity index is 2.23. The van der Waals surface area contributed by atoms with E-state index in [9.17, 15) is 0 Å². The lowest BCUT2D eigenvalue weighted by molar-refractivity contribution is 0.00578. The first-order chi connectivity index (χ1) is 8.87. The Labute approximate surface area is 119 Å². The standard InChI is InChI=1S/C14H23BO3Si/c1-13(2)14(3,4)18-15(17-13)12(10-16-19)11-8-6-5-7-9-11/h5-9,12H,10H2,1-4,19H3. The fourth-order valence-corrected chi connectivity index (χ4v) is 2.62. The van der Waals surface area contributed by atoms with Crippen molar-refractivity contribution in [2.45, 2.75) is 44.7 Å². The van der Waals surface area contributed by atoms with Crippen molar-refractivity contribution in [1.82, 2.24) is 0 Å². The Bertz CT molecular complexity index is 406. The van der Waals surface area contributed by atoms with Crippen LogP contribution in [-0.4, -0.2) is 35.4 Å². The van der Waals surface area contributed by atoms with Crippen LogP contribution in [0, 0.1) is 0 Å². The minimum absolute atomic E-state index is 0.125. The first-order valence-corrected chi connectivity index (χ1v) is 7.58. The molecular formula is C14H23BO3Si.